The van der Waals surface area contributed by atoms with E-state index in [1.165, 1.54) is 11.3 Å². The zero-order valence-electron chi connectivity index (χ0n) is 18.3. The van der Waals surface area contributed by atoms with E-state index in [2.05, 4.69) is 30.4 Å². The summed E-state index contributed by atoms with van der Waals surface area (Å²) in [6.07, 6.45) is 1.52. The predicted molar refractivity (Wildman–Crippen MR) is 119 cm³/mol. The lowest BCUT2D eigenvalue weighted by atomic mass is 10.0. The zero-order valence-corrected chi connectivity index (χ0v) is 19.3. The number of nitrogens with zero attached hydrogens (tertiary/aromatic N) is 1. The standard InChI is InChI=1S/C22H31N3O5Si/c1-31(2,3)13-12-28-16-30-20-15-25(21(26)19-10-7-11-29-19)24-22(27)23-18(20)14-17-8-5-4-6-9-17/h4-11,18,20H,12-16H2,1-3H3,(H2,23,24,27)/t18-,20-/m1/s1. The van der Waals surface area contributed by atoms with Gasteiger partial charge in [0.25, 0.3) is 0 Å². The summed E-state index contributed by atoms with van der Waals surface area (Å²) in [7, 11) is -1.20. The van der Waals surface area contributed by atoms with Gasteiger partial charge in [-0.05, 0) is 30.2 Å². The number of carbonyl (C=O) groups is 2. The van der Waals surface area contributed by atoms with Crippen LogP contribution in [0.5, 0.6) is 0 Å². The topological polar surface area (TPSA) is 93.0 Å². The number of urea groups is 1. The fraction of sp³-hybridized carbons (Fsp3) is 0.455. The first kappa shape index (κ1) is 23.0. The molecule has 2 heterocycles. The molecule has 1 aliphatic heterocycles. The van der Waals surface area contributed by atoms with Gasteiger partial charge in [0, 0.05) is 14.7 Å². The normalized spacial score (nSPS) is 19.5. The van der Waals surface area contributed by atoms with Crippen molar-refractivity contribution in [3.05, 3.63) is 60.1 Å². The molecule has 0 aliphatic carbocycles. The maximum atomic E-state index is 12.8. The van der Waals surface area contributed by atoms with E-state index in [-0.39, 0.29) is 25.1 Å². The van der Waals surface area contributed by atoms with E-state index in [1.807, 2.05) is 30.3 Å². The number of furan rings is 1. The SMILES string of the molecule is C[Si](C)(C)CCOCO[C@@H]1CN(C(=O)c2ccco2)NC(=O)N[C@@H]1Cc1ccccc1. The Morgan fingerprint density at radius 2 is 1.97 bits per heavy atom. The Hall–Kier alpha value is -2.62. The highest BCUT2D eigenvalue weighted by atomic mass is 28.3. The van der Waals surface area contributed by atoms with Crippen LogP contribution in [0.3, 0.4) is 0 Å². The van der Waals surface area contributed by atoms with E-state index in [9.17, 15) is 9.59 Å². The summed E-state index contributed by atoms with van der Waals surface area (Å²) in [6, 6.07) is 13.3. The second-order valence-electron chi connectivity index (χ2n) is 8.82. The number of hydrogen-bond acceptors (Lipinski definition) is 5. The van der Waals surface area contributed by atoms with E-state index in [4.69, 9.17) is 13.9 Å². The molecule has 1 aliphatic rings. The Kier molecular flexibility index (Phi) is 7.89. The molecule has 2 aromatic rings. The van der Waals surface area contributed by atoms with Crippen LogP contribution in [0.1, 0.15) is 16.1 Å². The quantitative estimate of drug-likeness (QED) is 0.351. The molecule has 0 bridgehead atoms. The van der Waals surface area contributed by atoms with Gasteiger partial charge in [-0.1, -0.05) is 50.0 Å². The van der Waals surface area contributed by atoms with Gasteiger partial charge in [-0.3, -0.25) is 4.79 Å². The fourth-order valence-corrected chi connectivity index (χ4v) is 3.98. The van der Waals surface area contributed by atoms with Crippen molar-refractivity contribution in [3.8, 4) is 0 Å². The molecule has 1 aromatic heterocycles. The smallest absolute Gasteiger partial charge is 0.334 e. The molecule has 31 heavy (non-hydrogen) atoms. The third-order valence-corrected chi connectivity index (χ3v) is 6.71. The summed E-state index contributed by atoms with van der Waals surface area (Å²) in [5.74, 6) is -0.291. The maximum Gasteiger partial charge on any atom is 0.334 e. The Bertz CT molecular complexity index is 839. The molecular formula is C22H31N3O5Si. The van der Waals surface area contributed by atoms with Crippen LogP contribution in [0.15, 0.2) is 53.1 Å². The zero-order chi connectivity index (χ0) is 22.3. The van der Waals surface area contributed by atoms with Crippen LogP contribution in [0.4, 0.5) is 4.79 Å². The lowest BCUT2D eigenvalue weighted by Gasteiger charge is -2.27. The number of amides is 3. The number of rotatable bonds is 9. The molecule has 1 aromatic carbocycles. The van der Waals surface area contributed by atoms with Gasteiger partial charge < -0.3 is 19.2 Å². The number of ether oxygens (including phenoxy) is 2. The highest BCUT2D eigenvalue weighted by Gasteiger charge is 2.34. The number of hydrogen-bond donors (Lipinski definition) is 2. The molecule has 1 fully saturated rings. The lowest BCUT2D eigenvalue weighted by Crippen LogP contribution is -2.48. The number of hydrazine groups is 1. The number of benzene rings is 1. The van der Waals surface area contributed by atoms with E-state index in [1.54, 1.807) is 12.1 Å². The van der Waals surface area contributed by atoms with Crippen molar-refractivity contribution in [1.82, 2.24) is 15.8 Å². The first-order valence-corrected chi connectivity index (χ1v) is 14.2. The minimum atomic E-state index is -1.20. The molecule has 0 spiro atoms. The molecular weight excluding hydrogens is 414 g/mol. The van der Waals surface area contributed by atoms with Crippen molar-refractivity contribution in [2.75, 3.05) is 19.9 Å². The first-order chi connectivity index (χ1) is 14.8. The monoisotopic (exact) mass is 445 g/mol. The molecule has 0 unspecified atom stereocenters. The molecule has 1 saturated heterocycles. The van der Waals surface area contributed by atoms with E-state index in [0.29, 0.717) is 13.0 Å². The summed E-state index contributed by atoms with van der Waals surface area (Å²) in [5, 5.41) is 4.15. The highest BCUT2D eigenvalue weighted by Crippen LogP contribution is 2.15. The van der Waals surface area contributed by atoms with Crippen molar-refractivity contribution in [2.24, 2.45) is 0 Å². The van der Waals surface area contributed by atoms with Crippen molar-refractivity contribution < 1.29 is 23.5 Å². The summed E-state index contributed by atoms with van der Waals surface area (Å²) >= 11 is 0. The van der Waals surface area contributed by atoms with E-state index < -0.39 is 26.1 Å². The van der Waals surface area contributed by atoms with Crippen LogP contribution >= 0.6 is 0 Å². The predicted octanol–water partition coefficient (Wildman–Crippen LogP) is 3.26. The summed E-state index contributed by atoms with van der Waals surface area (Å²) < 4.78 is 16.9. The Morgan fingerprint density at radius 3 is 2.65 bits per heavy atom. The molecule has 168 valence electrons. The van der Waals surface area contributed by atoms with Crippen LogP contribution in [0, 0.1) is 0 Å². The Balaban J connectivity index is 1.69. The summed E-state index contributed by atoms with van der Waals surface area (Å²) in [4.78, 5) is 25.2. The largest absolute Gasteiger partial charge is 0.459 e. The molecule has 2 atom stereocenters. The first-order valence-electron chi connectivity index (χ1n) is 10.5. The summed E-state index contributed by atoms with van der Waals surface area (Å²) in [5.41, 5.74) is 3.65. The van der Waals surface area contributed by atoms with E-state index >= 15 is 0 Å². The average molecular weight is 446 g/mol. The van der Waals surface area contributed by atoms with Gasteiger partial charge in [0.2, 0.25) is 0 Å². The third-order valence-electron chi connectivity index (χ3n) is 5.00. The van der Waals surface area contributed by atoms with Crippen LogP contribution in [0.25, 0.3) is 0 Å². The minimum absolute atomic E-state index is 0.0963. The van der Waals surface area contributed by atoms with Crippen molar-refractivity contribution in [2.45, 2.75) is 44.3 Å². The van der Waals surface area contributed by atoms with Crippen molar-refractivity contribution >= 4 is 20.0 Å². The molecule has 9 heteroatoms. The van der Waals surface area contributed by atoms with Crippen LogP contribution < -0.4 is 10.7 Å². The lowest BCUT2D eigenvalue weighted by molar-refractivity contribution is -0.0995. The van der Waals surface area contributed by atoms with Gasteiger partial charge >= 0.3 is 11.9 Å². The second kappa shape index (κ2) is 10.6. The third kappa shape index (κ3) is 7.23. The Labute approximate surface area is 183 Å². The van der Waals surface area contributed by atoms with Gasteiger partial charge in [0.05, 0.1) is 18.8 Å². The second-order valence-corrected chi connectivity index (χ2v) is 14.4. The minimum Gasteiger partial charge on any atom is -0.459 e. The molecule has 3 rings (SSSR count). The summed E-state index contributed by atoms with van der Waals surface area (Å²) in [6.45, 7) is 7.75. The van der Waals surface area contributed by atoms with Crippen molar-refractivity contribution in [1.29, 1.82) is 0 Å². The number of carbonyl (C=O) groups excluding carboxylic acids is 2. The van der Waals surface area contributed by atoms with Gasteiger partial charge in [0.1, 0.15) is 12.9 Å². The molecule has 3 amide bonds. The Morgan fingerprint density at radius 1 is 1.19 bits per heavy atom. The maximum absolute atomic E-state index is 12.8. The molecule has 0 radical (unpaired) electrons. The average Bonchev–Trinajstić information content (AvgIpc) is 3.20. The van der Waals surface area contributed by atoms with Gasteiger partial charge in [-0.25, -0.2) is 15.2 Å². The van der Waals surface area contributed by atoms with E-state index in [0.717, 1.165) is 11.6 Å². The van der Waals surface area contributed by atoms with Crippen LogP contribution in [0.2, 0.25) is 25.7 Å². The molecule has 8 nitrogen and oxygen atoms in total. The number of nitrogens with one attached hydrogen (secondary N) is 2. The molecule has 0 saturated carbocycles. The van der Waals surface area contributed by atoms with Gasteiger partial charge in [0.15, 0.2) is 5.76 Å². The van der Waals surface area contributed by atoms with Crippen molar-refractivity contribution in [3.63, 3.8) is 0 Å². The fourth-order valence-electron chi connectivity index (χ4n) is 3.23. The highest BCUT2D eigenvalue weighted by molar-refractivity contribution is 6.76. The van der Waals surface area contributed by atoms with Gasteiger partial charge in [-0.2, -0.15) is 0 Å². The van der Waals surface area contributed by atoms with Crippen LogP contribution in [-0.4, -0.2) is 57.1 Å². The van der Waals surface area contributed by atoms with Gasteiger partial charge in [-0.15, -0.1) is 0 Å². The molecule has 2 N–H and O–H groups in total. The van der Waals surface area contributed by atoms with Crippen LogP contribution in [-0.2, 0) is 15.9 Å².